The SMILES string of the molecule is COC(=O)C1(CCSC)CCC(=O)N1. The first-order valence-corrected chi connectivity index (χ1v) is 5.92. The highest BCUT2D eigenvalue weighted by molar-refractivity contribution is 7.98. The number of hydrogen-bond acceptors (Lipinski definition) is 4. The van der Waals surface area contributed by atoms with Gasteiger partial charge in [0.1, 0.15) is 5.54 Å². The quantitative estimate of drug-likeness (QED) is 0.699. The van der Waals surface area contributed by atoms with Crippen LogP contribution in [0.5, 0.6) is 0 Å². The molecule has 1 aliphatic rings. The van der Waals surface area contributed by atoms with Crippen molar-refractivity contribution >= 4 is 23.6 Å². The van der Waals surface area contributed by atoms with Crippen molar-refractivity contribution < 1.29 is 14.3 Å². The molecule has 0 aromatic carbocycles. The van der Waals surface area contributed by atoms with E-state index in [1.807, 2.05) is 6.26 Å². The lowest BCUT2D eigenvalue weighted by Gasteiger charge is -2.25. The second-order valence-electron chi connectivity index (χ2n) is 3.36. The summed E-state index contributed by atoms with van der Waals surface area (Å²) >= 11 is 1.66. The Bertz CT molecular complexity index is 244. The molecule has 1 unspecified atom stereocenters. The van der Waals surface area contributed by atoms with Crippen LogP contribution in [0.4, 0.5) is 0 Å². The molecule has 0 radical (unpaired) electrons. The minimum Gasteiger partial charge on any atom is -0.467 e. The molecule has 1 saturated heterocycles. The molecule has 5 heteroatoms. The molecule has 1 fully saturated rings. The van der Waals surface area contributed by atoms with Crippen LogP contribution in [0.3, 0.4) is 0 Å². The molecule has 1 amide bonds. The van der Waals surface area contributed by atoms with Crippen LogP contribution in [0.1, 0.15) is 19.3 Å². The fourth-order valence-electron chi connectivity index (χ4n) is 1.63. The minimum atomic E-state index is -0.755. The summed E-state index contributed by atoms with van der Waals surface area (Å²) in [5.41, 5.74) is -0.755. The highest BCUT2D eigenvalue weighted by atomic mass is 32.2. The third-order valence-corrected chi connectivity index (χ3v) is 3.08. The summed E-state index contributed by atoms with van der Waals surface area (Å²) in [5.74, 6) is 0.462. The predicted octanol–water partition coefficient (Wildman–Crippen LogP) is 0.561. The molecule has 14 heavy (non-hydrogen) atoms. The first kappa shape index (κ1) is 11.4. The van der Waals surface area contributed by atoms with Crippen LogP contribution in [0.15, 0.2) is 0 Å². The lowest BCUT2D eigenvalue weighted by molar-refractivity contribution is -0.149. The molecule has 0 saturated carbocycles. The number of carbonyl (C=O) groups excluding carboxylic acids is 2. The van der Waals surface area contributed by atoms with Gasteiger partial charge in [-0.25, -0.2) is 4.79 Å². The second-order valence-corrected chi connectivity index (χ2v) is 4.35. The van der Waals surface area contributed by atoms with Gasteiger partial charge in [0, 0.05) is 6.42 Å². The number of esters is 1. The predicted molar refractivity (Wildman–Crippen MR) is 55.1 cm³/mol. The van der Waals surface area contributed by atoms with Gasteiger partial charge in [0.15, 0.2) is 0 Å². The Hall–Kier alpha value is -0.710. The highest BCUT2D eigenvalue weighted by Gasteiger charge is 2.44. The van der Waals surface area contributed by atoms with E-state index in [2.05, 4.69) is 5.32 Å². The molecular formula is C9H15NO3S. The van der Waals surface area contributed by atoms with Crippen LogP contribution in [-0.2, 0) is 14.3 Å². The summed E-state index contributed by atoms with van der Waals surface area (Å²) in [6.07, 6.45) is 3.59. The minimum absolute atomic E-state index is 0.0588. The maximum Gasteiger partial charge on any atom is 0.331 e. The van der Waals surface area contributed by atoms with E-state index in [-0.39, 0.29) is 11.9 Å². The number of nitrogens with one attached hydrogen (secondary N) is 1. The van der Waals surface area contributed by atoms with E-state index < -0.39 is 5.54 Å². The summed E-state index contributed by atoms with van der Waals surface area (Å²) in [6.45, 7) is 0. The fourth-order valence-corrected chi connectivity index (χ4v) is 2.19. The topological polar surface area (TPSA) is 55.4 Å². The fraction of sp³-hybridized carbons (Fsp3) is 0.778. The lowest BCUT2D eigenvalue weighted by atomic mass is 9.94. The van der Waals surface area contributed by atoms with E-state index in [0.717, 1.165) is 5.75 Å². The van der Waals surface area contributed by atoms with Crippen LogP contribution in [-0.4, -0.2) is 36.5 Å². The van der Waals surface area contributed by atoms with Gasteiger partial charge in [-0.1, -0.05) is 0 Å². The van der Waals surface area contributed by atoms with E-state index in [9.17, 15) is 9.59 Å². The molecule has 1 atom stereocenters. The largest absolute Gasteiger partial charge is 0.467 e. The van der Waals surface area contributed by atoms with Crippen molar-refractivity contribution in [1.29, 1.82) is 0 Å². The van der Waals surface area contributed by atoms with Crippen LogP contribution in [0.2, 0.25) is 0 Å². The zero-order chi connectivity index (χ0) is 10.6. The van der Waals surface area contributed by atoms with Crippen molar-refractivity contribution in [3.63, 3.8) is 0 Å². The first-order valence-electron chi connectivity index (χ1n) is 4.53. The zero-order valence-corrected chi connectivity index (χ0v) is 9.28. The van der Waals surface area contributed by atoms with E-state index in [1.165, 1.54) is 7.11 Å². The van der Waals surface area contributed by atoms with Crippen molar-refractivity contribution in [3.05, 3.63) is 0 Å². The van der Waals surface area contributed by atoms with Crippen molar-refractivity contribution in [1.82, 2.24) is 5.32 Å². The van der Waals surface area contributed by atoms with E-state index >= 15 is 0 Å². The Morgan fingerprint density at radius 1 is 1.71 bits per heavy atom. The van der Waals surface area contributed by atoms with Gasteiger partial charge in [0.05, 0.1) is 7.11 Å². The van der Waals surface area contributed by atoms with Gasteiger partial charge in [-0.2, -0.15) is 11.8 Å². The average Bonchev–Trinajstić information content (AvgIpc) is 2.57. The summed E-state index contributed by atoms with van der Waals surface area (Å²) in [6, 6.07) is 0. The summed E-state index contributed by atoms with van der Waals surface area (Å²) in [5, 5.41) is 2.73. The first-order chi connectivity index (χ1) is 6.64. The summed E-state index contributed by atoms with van der Waals surface area (Å²) in [7, 11) is 1.35. The molecule has 80 valence electrons. The van der Waals surface area contributed by atoms with E-state index in [1.54, 1.807) is 11.8 Å². The molecule has 1 N–H and O–H groups in total. The van der Waals surface area contributed by atoms with Crippen LogP contribution < -0.4 is 5.32 Å². The van der Waals surface area contributed by atoms with Gasteiger partial charge >= 0.3 is 5.97 Å². The molecule has 0 bridgehead atoms. The number of thioether (sulfide) groups is 1. The van der Waals surface area contributed by atoms with Gasteiger partial charge in [-0.15, -0.1) is 0 Å². The monoisotopic (exact) mass is 217 g/mol. The third kappa shape index (κ3) is 2.20. The highest BCUT2D eigenvalue weighted by Crippen LogP contribution is 2.26. The van der Waals surface area contributed by atoms with Crippen molar-refractivity contribution in [2.75, 3.05) is 19.1 Å². The normalized spacial score (nSPS) is 26.0. The molecular weight excluding hydrogens is 202 g/mol. The molecule has 0 aromatic rings. The number of hydrogen-bond donors (Lipinski definition) is 1. The molecule has 1 rings (SSSR count). The second kappa shape index (κ2) is 4.68. The van der Waals surface area contributed by atoms with Crippen LogP contribution in [0.25, 0.3) is 0 Å². The number of rotatable bonds is 4. The van der Waals surface area contributed by atoms with Crippen molar-refractivity contribution in [3.8, 4) is 0 Å². The van der Waals surface area contributed by atoms with Gasteiger partial charge in [0.2, 0.25) is 5.91 Å². The summed E-state index contributed by atoms with van der Waals surface area (Å²) in [4.78, 5) is 22.7. The van der Waals surface area contributed by atoms with Crippen molar-refractivity contribution in [2.45, 2.75) is 24.8 Å². The summed E-state index contributed by atoms with van der Waals surface area (Å²) < 4.78 is 4.72. The zero-order valence-electron chi connectivity index (χ0n) is 8.46. The average molecular weight is 217 g/mol. The number of ether oxygens (including phenoxy) is 1. The number of amides is 1. The Morgan fingerprint density at radius 3 is 2.86 bits per heavy atom. The van der Waals surface area contributed by atoms with Crippen molar-refractivity contribution in [2.24, 2.45) is 0 Å². The molecule has 4 nitrogen and oxygen atoms in total. The Kier molecular flexibility index (Phi) is 3.80. The third-order valence-electron chi connectivity index (χ3n) is 2.47. The molecule has 0 aromatic heterocycles. The smallest absolute Gasteiger partial charge is 0.331 e. The van der Waals surface area contributed by atoms with Gasteiger partial charge < -0.3 is 10.1 Å². The molecule has 1 heterocycles. The maximum absolute atomic E-state index is 11.5. The van der Waals surface area contributed by atoms with E-state index in [0.29, 0.717) is 19.3 Å². The maximum atomic E-state index is 11.5. The molecule has 0 aliphatic carbocycles. The Balaban J connectivity index is 2.69. The van der Waals surface area contributed by atoms with E-state index in [4.69, 9.17) is 4.74 Å². The lowest BCUT2D eigenvalue weighted by Crippen LogP contribution is -2.50. The van der Waals surface area contributed by atoms with Crippen LogP contribution in [0, 0.1) is 0 Å². The van der Waals surface area contributed by atoms with Gasteiger partial charge in [-0.3, -0.25) is 4.79 Å². The standard InChI is InChI=1S/C9H15NO3S/c1-13-8(12)9(5-6-14-2)4-3-7(11)10-9/h3-6H2,1-2H3,(H,10,11). The number of methoxy groups -OCH3 is 1. The molecule has 0 spiro atoms. The molecule has 1 aliphatic heterocycles. The van der Waals surface area contributed by atoms with Gasteiger partial charge in [0.25, 0.3) is 0 Å². The Morgan fingerprint density at radius 2 is 2.43 bits per heavy atom. The Labute approximate surface area is 87.8 Å². The van der Waals surface area contributed by atoms with Crippen LogP contribution >= 0.6 is 11.8 Å². The van der Waals surface area contributed by atoms with Gasteiger partial charge in [-0.05, 0) is 24.9 Å². The number of carbonyl (C=O) groups is 2.